The zero-order valence-electron chi connectivity index (χ0n) is 12.7. The molecule has 128 valence electrons. The maximum Gasteiger partial charge on any atom is 0.303 e. The summed E-state index contributed by atoms with van der Waals surface area (Å²) in [5.41, 5.74) is 8.66. The van der Waals surface area contributed by atoms with Crippen molar-refractivity contribution in [2.45, 2.75) is 50.1 Å². The first-order valence-corrected chi connectivity index (χ1v) is 7.49. The van der Waals surface area contributed by atoms with Crippen molar-refractivity contribution < 1.29 is 33.3 Å². The number of hydrogen-bond acceptors (Lipinski definition) is 8. The van der Waals surface area contributed by atoms with Gasteiger partial charge in [-0.1, -0.05) is 21.0 Å². The highest BCUT2D eigenvalue weighted by Crippen LogP contribution is 2.31. The number of halogens is 1. The molecule has 0 N–H and O–H groups in total. The Labute approximate surface area is 140 Å². The van der Waals surface area contributed by atoms with E-state index in [1.54, 1.807) is 0 Å². The largest absolute Gasteiger partial charge is 0.463 e. The van der Waals surface area contributed by atoms with E-state index >= 15 is 0 Å². The monoisotopic (exact) mass is 393 g/mol. The summed E-state index contributed by atoms with van der Waals surface area (Å²) in [6.07, 6.45) is -3.09. The van der Waals surface area contributed by atoms with E-state index in [2.05, 4.69) is 26.0 Å². The molecule has 11 heteroatoms. The van der Waals surface area contributed by atoms with E-state index in [9.17, 15) is 14.4 Å². The molecule has 1 aliphatic rings. The van der Waals surface area contributed by atoms with Crippen LogP contribution < -0.4 is 0 Å². The van der Waals surface area contributed by atoms with Crippen LogP contribution in [-0.4, -0.2) is 53.9 Å². The van der Waals surface area contributed by atoms with Gasteiger partial charge in [0.05, 0.1) is 0 Å². The smallest absolute Gasteiger partial charge is 0.303 e. The van der Waals surface area contributed by atoms with Crippen molar-refractivity contribution in [1.29, 1.82) is 0 Å². The van der Waals surface area contributed by atoms with Gasteiger partial charge in [0, 0.05) is 25.7 Å². The zero-order chi connectivity index (χ0) is 17.6. The number of alkyl halides is 1. The Kier molecular flexibility index (Phi) is 7.27. The molecule has 0 radical (unpaired) electrons. The fourth-order valence-electron chi connectivity index (χ4n) is 2.05. The number of esters is 3. The van der Waals surface area contributed by atoms with Gasteiger partial charge in [0.2, 0.25) is 0 Å². The quantitative estimate of drug-likeness (QED) is 0.171. The lowest BCUT2D eigenvalue weighted by Gasteiger charge is -2.41. The van der Waals surface area contributed by atoms with Crippen LogP contribution in [0.25, 0.3) is 10.4 Å². The summed E-state index contributed by atoms with van der Waals surface area (Å²) in [7, 11) is 0. The summed E-state index contributed by atoms with van der Waals surface area (Å²) < 4.78 is 20.7. The fourth-order valence-corrected chi connectivity index (χ4v) is 2.74. The Bertz CT molecular complexity index is 523. The first kappa shape index (κ1) is 19.2. The van der Waals surface area contributed by atoms with Crippen LogP contribution in [-0.2, 0) is 33.3 Å². The third kappa shape index (κ3) is 5.70. The Morgan fingerprint density at radius 2 is 1.70 bits per heavy atom. The molecule has 0 aromatic heterocycles. The van der Waals surface area contributed by atoms with Gasteiger partial charge in [-0.3, -0.25) is 14.4 Å². The molecule has 0 bridgehead atoms. The summed E-state index contributed by atoms with van der Waals surface area (Å²) in [5.74, 6) is -1.86. The lowest BCUT2D eigenvalue weighted by Crippen LogP contribution is -2.59. The minimum Gasteiger partial charge on any atom is -0.463 e. The lowest BCUT2D eigenvalue weighted by molar-refractivity contribution is -0.208. The number of hydrogen-bond donors (Lipinski definition) is 0. The van der Waals surface area contributed by atoms with Crippen molar-refractivity contribution in [1.82, 2.24) is 0 Å². The molecule has 1 fully saturated rings. The van der Waals surface area contributed by atoms with Crippen molar-refractivity contribution in [2.24, 2.45) is 5.11 Å². The average molecular weight is 394 g/mol. The third-order valence-corrected chi connectivity index (χ3v) is 3.60. The van der Waals surface area contributed by atoms with E-state index in [-0.39, 0.29) is 6.61 Å². The van der Waals surface area contributed by atoms with E-state index in [0.29, 0.717) is 0 Å². The topological polar surface area (TPSA) is 137 Å². The fraction of sp³-hybridized carbons (Fsp3) is 0.750. The number of nitrogens with zero attached hydrogens (tertiary/aromatic N) is 3. The van der Waals surface area contributed by atoms with Crippen molar-refractivity contribution in [3.63, 3.8) is 0 Å². The Morgan fingerprint density at radius 3 is 2.17 bits per heavy atom. The van der Waals surface area contributed by atoms with E-state index < -0.39 is 47.3 Å². The van der Waals surface area contributed by atoms with Crippen LogP contribution >= 0.6 is 15.9 Å². The minimum absolute atomic E-state index is 0.226. The van der Waals surface area contributed by atoms with Gasteiger partial charge in [-0.2, -0.15) is 0 Å². The number of ether oxygens (including phenoxy) is 4. The maximum atomic E-state index is 11.3. The summed E-state index contributed by atoms with van der Waals surface area (Å²) >= 11 is 3.17. The van der Waals surface area contributed by atoms with Crippen LogP contribution in [0.5, 0.6) is 0 Å². The molecule has 0 amide bonds. The van der Waals surface area contributed by atoms with Crippen molar-refractivity contribution in [3.8, 4) is 0 Å². The molecule has 1 heterocycles. The maximum absolute atomic E-state index is 11.3. The normalized spacial score (nSPS) is 29.8. The molecule has 10 nitrogen and oxygen atoms in total. The summed E-state index contributed by atoms with van der Waals surface area (Å²) in [6.45, 7) is 3.31. The van der Waals surface area contributed by atoms with Gasteiger partial charge >= 0.3 is 17.9 Å². The van der Waals surface area contributed by atoms with E-state index in [0.717, 1.165) is 13.8 Å². The van der Waals surface area contributed by atoms with Crippen LogP contribution in [0.15, 0.2) is 5.11 Å². The molecule has 0 spiro atoms. The predicted molar refractivity (Wildman–Crippen MR) is 78.3 cm³/mol. The van der Waals surface area contributed by atoms with Crippen LogP contribution in [0.4, 0.5) is 0 Å². The number of carbonyl (C=O) groups is 3. The second-order valence-corrected chi connectivity index (χ2v) is 5.57. The molecular formula is C12H16BrN3O7. The average Bonchev–Trinajstić information content (AvgIpc) is 2.42. The van der Waals surface area contributed by atoms with Crippen LogP contribution in [0.2, 0.25) is 0 Å². The standard InChI is InChI=1S/C12H16BrN3O7/c1-5(17)20-4-8-10(21-6(2)18)11(22-7(3)19)9(15-16-14)12(13)23-8/h8-12H,4H2,1-3H3/t8-,9+,10-,11-,12+/m1/s1. The predicted octanol–water partition coefficient (Wildman–Crippen LogP) is 1.21. The highest BCUT2D eigenvalue weighted by atomic mass is 79.9. The Balaban J connectivity index is 3.11. The molecular weight excluding hydrogens is 378 g/mol. The molecule has 0 saturated carbocycles. The van der Waals surface area contributed by atoms with E-state index in [4.69, 9.17) is 24.5 Å². The van der Waals surface area contributed by atoms with Gasteiger partial charge in [-0.25, -0.2) is 0 Å². The van der Waals surface area contributed by atoms with Crippen molar-refractivity contribution >= 4 is 33.8 Å². The SMILES string of the molecule is CC(=O)OC[C@H]1O[C@H](Br)[C@@H](N=[N+]=[N-])[C@@H](OC(C)=O)[C@@H]1OC(C)=O. The second-order valence-electron chi connectivity index (χ2n) is 4.67. The Hall–Kier alpha value is -1.84. The summed E-state index contributed by atoms with van der Waals surface area (Å²) in [5, 5.41) is 2.69. The molecule has 5 atom stereocenters. The zero-order valence-corrected chi connectivity index (χ0v) is 14.3. The van der Waals surface area contributed by atoms with Gasteiger partial charge in [0.25, 0.3) is 0 Å². The molecule has 1 saturated heterocycles. The van der Waals surface area contributed by atoms with Gasteiger partial charge in [-0.05, 0) is 5.53 Å². The highest BCUT2D eigenvalue weighted by molar-refractivity contribution is 9.09. The van der Waals surface area contributed by atoms with E-state index in [1.165, 1.54) is 6.92 Å². The molecule has 1 rings (SSSR count). The van der Waals surface area contributed by atoms with Crippen molar-refractivity contribution in [2.75, 3.05) is 6.61 Å². The third-order valence-electron chi connectivity index (χ3n) is 2.84. The number of carbonyl (C=O) groups excluding carboxylic acids is 3. The minimum atomic E-state index is -1.10. The summed E-state index contributed by atoms with van der Waals surface area (Å²) in [4.78, 5) is 36.3. The summed E-state index contributed by atoms with van der Waals surface area (Å²) in [6, 6.07) is -0.971. The second kappa shape index (κ2) is 8.70. The lowest BCUT2D eigenvalue weighted by atomic mass is 9.98. The van der Waals surface area contributed by atoms with Gasteiger partial charge in [0.15, 0.2) is 12.2 Å². The van der Waals surface area contributed by atoms with Gasteiger partial charge in [0.1, 0.15) is 23.8 Å². The molecule has 1 aliphatic heterocycles. The Morgan fingerprint density at radius 1 is 1.13 bits per heavy atom. The molecule has 0 unspecified atom stereocenters. The molecule has 0 aromatic carbocycles. The molecule has 23 heavy (non-hydrogen) atoms. The first-order valence-electron chi connectivity index (χ1n) is 6.57. The number of azide groups is 1. The van der Waals surface area contributed by atoms with Crippen LogP contribution in [0.1, 0.15) is 20.8 Å². The van der Waals surface area contributed by atoms with Gasteiger partial charge < -0.3 is 18.9 Å². The van der Waals surface area contributed by atoms with Crippen LogP contribution in [0.3, 0.4) is 0 Å². The van der Waals surface area contributed by atoms with E-state index in [1.807, 2.05) is 0 Å². The molecule has 0 aliphatic carbocycles. The molecule has 0 aromatic rings. The number of rotatable bonds is 5. The first-order chi connectivity index (χ1) is 10.8. The van der Waals surface area contributed by atoms with Gasteiger partial charge in [-0.15, -0.1) is 0 Å². The van der Waals surface area contributed by atoms with Crippen molar-refractivity contribution in [3.05, 3.63) is 10.4 Å². The highest BCUT2D eigenvalue weighted by Gasteiger charge is 2.49. The van der Waals surface area contributed by atoms with Crippen LogP contribution in [0, 0.1) is 0 Å².